The highest BCUT2D eigenvalue weighted by atomic mass is 32.2. The maximum absolute atomic E-state index is 12.8. The van der Waals surface area contributed by atoms with Crippen molar-refractivity contribution in [2.24, 2.45) is 5.92 Å². The van der Waals surface area contributed by atoms with Gasteiger partial charge in [0, 0.05) is 30.4 Å². The molecule has 2 aromatic heterocycles. The van der Waals surface area contributed by atoms with E-state index in [0.717, 1.165) is 11.1 Å². The molecule has 14 heteroatoms. The Morgan fingerprint density at radius 1 is 1.42 bits per heavy atom. The number of thioether (sulfide) groups is 1. The number of Topliss-reactive ketones (excluding diaryl/α,β-unsaturated/α-hetero) is 1. The van der Waals surface area contributed by atoms with Crippen LogP contribution in [0.5, 0.6) is 0 Å². The lowest BCUT2D eigenvalue weighted by Crippen LogP contribution is -2.62. The summed E-state index contributed by atoms with van der Waals surface area (Å²) in [6, 6.07) is 3.72. The van der Waals surface area contributed by atoms with Gasteiger partial charge in [-0.3, -0.25) is 14.5 Å². The molecule has 0 bridgehead atoms. The number of ether oxygens (including phenoxy) is 1. The quantitative estimate of drug-likeness (QED) is 0.231. The first-order chi connectivity index (χ1) is 17.2. The van der Waals surface area contributed by atoms with Crippen LogP contribution in [0.1, 0.15) is 17.1 Å². The topological polar surface area (TPSA) is 165 Å². The van der Waals surface area contributed by atoms with Crippen molar-refractivity contribution in [1.29, 1.82) is 0 Å². The highest BCUT2D eigenvalue weighted by Crippen LogP contribution is 2.45. The van der Waals surface area contributed by atoms with E-state index in [4.69, 9.17) is 4.74 Å². The highest BCUT2D eigenvalue weighted by molar-refractivity contribution is 8.00. The fourth-order valence-electron chi connectivity index (χ4n) is 4.26. The first-order valence-electron chi connectivity index (χ1n) is 11.0. The van der Waals surface area contributed by atoms with Crippen molar-refractivity contribution in [3.8, 4) is 0 Å². The molecule has 0 aromatic carbocycles. The van der Waals surface area contributed by atoms with Gasteiger partial charge in [-0.2, -0.15) is 0 Å². The number of aliphatic carboxylic acids is 1. The molecule has 2 aliphatic rings. The Balaban J connectivity index is 1.34. The third kappa shape index (κ3) is 5.36. The zero-order valence-electron chi connectivity index (χ0n) is 19.2. The number of ketones is 1. The summed E-state index contributed by atoms with van der Waals surface area (Å²) in [4.78, 5) is 53.7. The van der Waals surface area contributed by atoms with Gasteiger partial charge in [0.15, 0.2) is 5.82 Å². The molecular formula is C22H24N4O8S2. The molecule has 4 rings (SSSR count). The van der Waals surface area contributed by atoms with E-state index in [9.17, 15) is 34.7 Å². The molecule has 0 spiro atoms. The smallest absolute Gasteiger partial charge is 0.352 e. The van der Waals surface area contributed by atoms with Crippen LogP contribution >= 0.6 is 23.1 Å². The number of aliphatic hydroxyl groups is 1. The highest BCUT2D eigenvalue weighted by Gasteiger charge is 2.53. The zero-order valence-corrected chi connectivity index (χ0v) is 20.9. The molecule has 192 valence electrons. The van der Waals surface area contributed by atoms with Crippen molar-refractivity contribution in [1.82, 2.24) is 14.5 Å². The molecule has 12 nitrogen and oxygen atoms in total. The number of β-lactam (4-membered cyclic amide) rings is 1. The van der Waals surface area contributed by atoms with Crippen LogP contribution in [0.3, 0.4) is 0 Å². The largest absolute Gasteiger partial charge is 0.477 e. The molecule has 1 saturated heterocycles. The number of aliphatic hydroxyl groups excluding tert-OH is 1. The van der Waals surface area contributed by atoms with Crippen LogP contribution in [0.2, 0.25) is 0 Å². The Bertz CT molecular complexity index is 1210. The number of hydrogen-bond acceptors (Lipinski definition) is 10. The van der Waals surface area contributed by atoms with Crippen molar-refractivity contribution in [3.05, 3.63) is 55.8 Å². The SMILES string of the molecule is Cc1ncc([N+](=O)[O-])n1CC(O)COCC1=C(C(=O)O)N2C(=O)[C@@H](CC(=O)Cc3cccs3)[C@H]2SC1. The van der Waals surface area contributed by atoms with Gasteiger partial charge in [0.1, 0.15) is 30.3 Å². The zero-order chi connectivity index (χ0) is 26.0. The minimum atomic E-state index is -1.26. The number of fused-ring (bicyclic) bond motifs is 1. The van der Waals surface area contributed by atoms with Crippen LogP contribution in [0, 0.1) is 23.0 Å². The fraction of sp³-hybridized carbons (Fsp3) is 0.455. The van der Waals surface area contributed by atoms with Crippen molar-refractivity contribution in [2.75, 3.05) is 19.0 Å². The van der Waals surface area contributed by atoms with E-state index < -0.39 is 34.2 Å². The maximum Gasteiger partial charge on any atom is 0.352 e. The predicted octanol–water partition coefficient (Wildman–Crippen LogP) is 1.61. The number of carbonyl (C=O) groups excluding carboxylic acids is 2. The van der Waals surface area contributed by atoms with Gasteiger partial charge in [-0.25, -0.2) is 14.3 Å². The van der Waals surface area contributed by atoms with E-state index in [1.165, 1.54) is 32.6 Å². The Hall–Kier alpha value is -3.07. The van der Waals surface area contributed by atoms with Crippen molar-refractivity contribution >= 4 is 46.6 Å². The lowest BCUT2D eigenvalue weighted by atomic mass is 9.89. The number of thiophene rings is 1. The minimum Gasteiger partial charge on any atom is -0.477 e. The number of aryl methyl sites for hydroxylation is 1. The number of rotatable bonds is 12. The summed E-state index contributed by atoms with van der Waals surface area (Å²) in [6.07, 6.45) is 0.327. The number of nitro groups is 1. The van der Waals surface area contributed by atoms with E-state index in [1.807, 2.05) is 17.5 Å². The second-order valence-corrected chi connectivity index (χ2v) is 10.6. The Morgan fingerprint density at radius 2 is 2.19 bits per heavy atom. The summed E-state index contributed by atoms with van der Waals surface area (Å²) in [5.74, 6) is -1.87. The Morgan fingerprint density at radius 3 is 2.86 bits per heavy atom. The van der Waals surface area contributed by atoms with E-state index in [0.29, 0.717) is 17.2 Å². The summed E-state index contributed by atoms with van der Waals surface area (Å²) in [7, 11) is 0. The molecule has 0 radical (unpaired) electrons. The maximum atomic E-state index is 12.8. The normalized spacial score (nSPS) is 20.2. The average Bonchev–Trinajstić information content (AvgIpc) is 3.46. The number of carboxylic acids is 1. The van der Waals surface area contributed by atoms with Gasteiger partial charge in [-0.15, -0.1) is 23.1 Å². The molecule has 36 heavy (non-hydrogen) atoms. The summed E-state index contributed by atoms with van der Waals surface area (Å²) in [5.41, 5.74) is 0.235. The van der Waals surface area contributed by atoms with Gasteiger partial charge < -0.3 is 25.1 Å². The van der Waals surface area contributed by atoms with Gasteiger partial charge in [-0.05, 0) is 21.9 Å². The van der Waals surface area contributed by atoms with Crippen LogP contribution in [-0.2, 0) is 32.1 Å². The van der Waals surface area contributed by atoms with E-state index >= 15 is 0 Å². The molecule has 1 fully saturated rings. The van der Waals surface area contributed by atoms with Gasteiger partial charge in [0.25, 0.3) is 0 Å². The minimum absolute atomic E-state index is 0.0617. The molecule has 0 saturated carbocycles. The molecule has 2 aliphatic heterocycles. The molecule has 2 N–H and O–H groups in total. The van der Waals surface area contributed by atoms with E-state index in [1.54, 1.807) is 6.92 Å². The fourth-order valence-corrected chi connectivity index (χ4v) is 6.39. The summed E-state index contributed by atoms with van der Waals surface area (Å²) in [5, 5.41) is 32.6. The number of imidazole rings is 1. The predicted molar refractivity (Wildman–Crippen MR) is 129 cm³/mol. The molecule has 1 amide bonds. The first-order valence-corrected chi connectivity index (χ1v) is 13.0. The van der Waals surface area contributed by atoms with Crippen LogP contribution < -0.4 is 0 Å². The molecule has 4 heterocycles. The van der Waals surface area contributed by atoms with E-state index in [-0.39, 0.29) is 49.9 Å². The number of carbonyl (C=O) groups is 3. The second kappa shape index (κ2) is 10.9. The van der Waals surface area contributed by atoms with Crippen LogP contribution in [-0.4, -0.2) is 77.7 Å². The monoisotopic (exact) mass is 536 g/mol. The van der Waals surface area contributed by atoms with E-state index in [2.05, 4.69) is 4.98 Å². The molecule has 2 aromatic rings. The van der Waals surface area contributed by atoms with Gasteiger partial charge in [-0.1, -0.05) is 6.07 Å². The molecule has 3 atom stereocenters. The molecular weight excluding hydrogens is 512 g/mol. The molecule has 0 aliphatic carbocycles. The van der Waals surface area contributed by atoms with Gasteiger partial charge in [0.2, 0.25) is 5.91 Å². The summed E-state index contributed by atoms with van der Waals surface area (Å²) >= 11 is 2.85. The van der Waals surface area contributed by atoms with Gasteiger partial charge >= 0.3 is 11.8 Å². The second-order valence-electron chi connectivity index (χ2n) is 8.47. The Kier molecular flexibility index (Phi) is 7.88. The third-order valence-corrected chi connectivity index (χ3v) is 8.23. The summed E-state index contributed by atoms with van der Waals surface area (Å²) < 4.78 is 6.78. The van der Waals surface area contributed by atoms with Crippen molar-refractivity contribution < 1.29 is 34.3 Å². The van der Waals surface area contributed by atoms with Crippen molar-refractivity contribution in [2.45, 2.75) is 37.8 Å². The standard InChI is InChI=1S/C22H24N4O8S2/c1-12-23-7-18(26(32)33)24(12)8-15(28)10-34-9-13-11-36-21-17(20(29)25(21)19(13)22(30)31)6-14(27)5-16-3-2-4-35-16/h2-4,7,15,17,21,28H,5-6,8-11H2,1H3,(H,30,31)/t15?,17-,21-/m1/s1. The number of carboxylic acid groups (broad SMARTS) is 1. The molecule has 1 unspecified atom stereocenters. The summed E-state index contributed by atoms with van der Waals surface area (Å²) in [6.45, 7) is 1.13. The van der Waals surface area contributed by atoms with Crippen LogP contribution in [0.15, 0.2) is 35.0 Å². The van der Waals surface area contributed by atoms with Crippen LogP contribution in [0.25, 0.3) is 0 Å². The number of hydrogen-bond donors (Lipinski definition) is 2. The third-order valence-electron chi connectivity index (χ3n) is 5.96. The lowest BCUT2D eigenvalue weighted by molar-refractivity contribution is -0.392. The van der Waals surface area contributed by atoms with Crippen LogP contribution in [0.4, 0.5) is 5.82 Å². The van der Waals surface area contributed by atoms with Crippen molar-refractivity contribution in [3.63, 3.8) is 0 Å². The van der Waals surface area contributed by atoms with Gasteiger partial charge in [0.05, 0.1) is 24.5 Å². The number of nitrogens with zero attached hydrogens (tertiary/aromatic N) is 4. The number of amides is 1. The number of aromatic nitrogens is 2. The Labute approximate surface area is 213 Å². The first kappa shape index (κ1) is 26.0. The average molecular weight is 537 g/mol. The lowest BCUT2D eigenvalue weighted by Gasteiger charge is -2.49.